The standard InChI is InChI=1S/C9H8O.Al.3H/c10-8-4-7-9-5-2-1-3-6-9;;;;/h1-8H;;;;/b7-4+;;;;. The molecule has 0 aliphatic heterocycles. The van der Waals surface area contributed by atoms with Gasteiger partial charge in [0.15, 0.2) is 17.4 Å². The van der Waals surface area contributed by atoms with Gasteiger partial charge >= 0.3 is 0 Å². The summed E-state index contributed by atoms with van der Waals surface area (Å²) in [4.78, 5) is 9.89. The average molecular weight is 162 g/mol. The Hall–Kier alpha value is -0.838. The zero-order valence-corrected chi connectivity index (χ0v) is 5.53. The minimum absolute atomic E-state index is 0. The molecule has 0 unspecified atom stereocenters. The van der Waals surface area contributed by atoms with E-state index in [4.69, 9.17) is 0 Å². The zero-order valence-electron chi connectivity index (χ0n) is 5.53. The van der Waals surface area contributed by atoms with Crippen molar-refractivity contribution in [3.05, 3.63) is 42.0 Å². The van der Waals surface area contributed by atoms with E-state index in [2.05, 4.69) is 0 Å². The maximum atomic E-state index is 9.89. The number of hydrogen-bond acceptors (Lipinski definition) is 1. The molecular formula is C9H11AlO. The van der Waals surface area contributed by atoms with Crippen LogP contribution in [0.25, 0.3) is 6.08 Å². The summed E-state index contributed by atoms with van der Waals surface area (Å²) >= 11 is 0. The first-order chi connectivity index (χ1) is 4.93. The first-order valence-electron chi connectivity index (χ1n) is 3.10. The van der Waals surface area contributed by atoms with Gasteiger partial charge in [-0.15, -0.1) is 0 Å². The predicted octanol–water partition coefficient (Wildman–Crippen LogP) is 0.715. The molecular weight excluding hydrogens is 151 g/mol. The molecule has 0 aromatic heterocycles. The lowest BCUT2D eigenvalue weighted by Gasteiger charge is -1.86. The molecule has 1 rings (SSSR count). The Morgan fingerprint density at radius 2 is 1.73 bits per heavy atom. The van der Waals surface area contributed by atoms with E-state index in [0.717, 1.165) is 11.8 Å². The highest BCUT2D eigenvalue weighted by molar-refractivity contribution is 5.75. The maximum Gasteiger partial charge on any atom is 0.187 e. The van der Waals surface area contributed by atoms with Gasteiger partial charge in [-0.3, -0.25) is 4.79 Å². The molecule has 0 aliphatic carbocycles. The van der Waals surface area contributed by atoms with Gasteiger partial charge in [-0.1, -0.05) is 36.4 Å². The molecule has 1 aromatic carbocycles. The van der Waals surface area contributed by atoms with Crippen molar-refractivity contribution in [2.75, 3.05) is 0 Å². The van der Waals surface area contributed by atoms with Crippen LogP contribution >= 0.6 is 0 Å². The molecule has 0 saturated heterocycles. The highest BCUT2D eigenvalue weighted by Gasteiger charge is 1.79. The third-order valence-electron chi connectivity index (χ3n) is 1.17. The summed E-state index contributed by atoms with van der Waals surface area (Å²) in [7, 11) is 0. The van der Waals surface area contributed by atoms with Crippen molar-refractivity contribution in [2.45, 2.75) is 0 Å². The second-order valence-electron chi connectivity index (χ2n) is 1.91. The fourth-order valence-corrected chi connectivity index (χ4v) is 0.715. The Morgan fingerprint density at radius 3 is 2.27 bits per heavy atom. The zero-order chi connectivity index (χ0) is 7.23. The smallest absolute Gasteiger partial charge is 0.187 e. The Balaban J connectivity index is 0.000001000. The maximum absolute atomic E-state index is 9.89. The normalized spacial score (nSPS) is 9.09. The van der Waals surface area contributed by atoms with Crippen LogP contribution in [0.5, 0.6) is 0 Å². The van der Waals surface area contributed by atoms with Gasteiger partial charge in [-0.05, 0) is 11.6 Å². The van der Waals surface area contributed by atoms with Gasteiger partial charge < -0.3 is 0 Å². The molecule has 0 atom stereocenters. The van der Waals surface area contributed by atoms with E-state index in [1.54, 1.807) is 6.08 Å². The quantitative estimate of drug-likeness (QED) is 0.355. The van der Waals surface area contributed by atoms with Crippen LogP contribution in [0, 0.1) is 0 Å². The van der Waals surface area contributed by atoms with Crippen molar-refractivity contribution < 1.29 is 4.79 Å². The highest BCUT2D eigenvalue weighted by Crippen LogP contribution is 1.99. The van der Waals surface area contributed by atoms with Gasteiger partial charge in [0.25, 0.3) is 0 Å². The molecule has 11 heavy (non-hydrogen) atoms. The Kier molecular flexibility index (Phi) is 5.46. The second kappa shape index (κ2) is 5.91. The van der Waals surface area contributed by atoms with Crippen molar-refractivity contribution >= 4 is 29.7 Å². The van der Waals surface area contributed by atoms with E-state index < -0.39 is 0 Å². The molecule has 1 aromatic rings. The minimum atomic E-state index is 0. The van der Waals surface area contributed by atoms with Gasteiger partial charge in [-0.25, -0.2) is 0 Å². The lowest BCUT2D eigenvalue weighted by Crippen LogP contribution is -1.67. The fraction of sp³-hybridized carbons (Fsp3) is 0. The lowest BCUT2D eigenvalue weighted by molar-refractivity contribution is -0.104. The molecule has 0 saturated carbocycles. The van der Waals surface area contributed by atoms with Crippen LogP contribution in [-0.2, 0) is 4.79 Å². The number of allylic oxidation sites excluding steroid dienone is 1. The van der Waals surface area contributed by atoms with Crippen molar-refractivity contribution in [2.24, 2.45) is 0 Å². The molecule has 0 heterocycles. The molecule has 2 heteroatoms. The number of benzene rings is 1. The number of carbonyl (C=O) groups excluding carboxylic acids is 1. The van der Waals surface area contributed by atoms with Crippen LogP contribution in [0.2, 0.25) is 0 Å². The molecule has 0 spiro atoms. The molecule has 56 valence electrons. The van der Waals surface area contributed by atoms with Gasteiger partial charge in [0, 0.05) is 0 Å². The Labute approximate surface area is 76.9 Å². The molecule has 0 fully saturated rings. The van der Waals surface area contributed by atoms with Crippen molar-refractivity contribution in [1.29, 1.82) is 0 Å². The fourth-order valence-electron chi connectivity index (χ4n) is 0.715. The summed E-state index contributed by atoms with van der Waals surface area (Å²) in [6, 6.07) is 9.70. The van der Waals surface area contributed by atoms with E-state index >= 15 is 0 Å². The van der Waals surface area contributed by atoms with Gasteiger partial charge in [0.1, 0.15) is 6.29 Å². The summed E-state index contributed by atoms with van der Waals surface area (Å²) in [6.45, 7) is 0. The first kappa shape index (κ1) is 10.2. The van der Waals surface area contributed by atoms with E-state index in [1.807, 2.05) is 30.3 Å². The second-order valence-corrected chi connectivity index (χ2v) is 1.91. The number of carbonyl (C=O) groups is 1. The SMILES string of the molecule is O=C/C=C/c1ccccc1.[AlH3]. The van der Waals surface area contributed by atoms with Crippen LogP contribution in [0.15, 0.2) is 36.4 Å². The number of aldehydes is 1. The van der Waals surface area contributed by atoms with Crippen LogP contribution in [-0.4, -0.2) is 23.6 Å². The summed E-state index contributed by atoms with van der Waals surface area (Å²) in [5.74, 6) is 0. The monoisotopic (exact) mass is 162 g/mol. The van der Waals surface area contributed by atoms with Crippen LogP contribution in [0.1, 0.15) is 5.56 Å². The van der Waals surface area contributed by atoms with Crippen LogP contribution < -0.4 is 0 Å². The Bertz CT molecular complexity index is 229. The first-order valence-corrected chi connectivity index (χ1v) is 3.10. The third-order valence-corrected chi connectivity index (χ3v) is 1.17. The van der Waals surface area contributed by atoms with Gasteiger partial charge in [0.05, 0.1) is 0 Å². The van der Waals surface area contributed by atoms with E-state index in [9.17, 15) is 4.79 Å². The van der Waals surface area contributed by atoms with Gasteiger partial charge in [-0.2, -0.15) is 0 Å². The Morgan fingerprint density at radius 1 is 1.09 bits per heavy atom. The predicted molar refractivity (Wildman–Crippen MR) is 51.5 cm³/mol. The summed E-state index contributed by atoms with van der Waals surface area (Å²) in [5, 5.41) is 0. The third kappa shape index (κ3) is 3.77. The minimum Gasteiger partial charge on any atom is -0.299 e. The van der Waals surface area contributed by atoms with Gasteiger partial charge in [0.2, 0.25) is 0 Å². The van der Waals surface area contributed by atoms with Crippen molar-refractivity contribution in [1.82, 2.24) is 0 Å². The summed E-state index contributed by atoms with van der Waals surface area (Å²) in [6.07, 6.45) is 4.02. The van der Waals surface area contributed by atoms with E-state index in [-0.39, 0.29) is 17.4 Å². The van der Waals surface area contributed by atoms with Crippen molar-refractivity contribution in [3.8, 4) is 0 Å². The number of hydrogen-bond donors (Lipinski definition) is 0. The molecule has 1 nitrogen and oxygen atoms in total. The molecule has 0 N–H and O–H groups in total. The average Bonchev–Trinajstić information content (AvgIpc) is 2.03. The van der Waals surface area contributed by atoms with E-state index in [1.165, 1.54) is 6.08 Å². The summed E-state index contributed by atoms with van der Waals surface area (Å²) < 4.78 is 0. The molecule has 0 amide bonds. The largest absolute Gasteiger partial charge is 0.299 e. The molecule has 0 bridgehead atoms. The molecule has 0 radical (unpaired) electrons. The van der Waals surface area contributed by atoms with Crippen molar-refractivity contribution in [3.63, 3.8) is 0 Å². The van der Waals surface area contributed by atoms with E-state index in [0.29, 0.717) is 0 Å². The molecule has 0 aliphatic rings. The lowest BCUT2D eigenvalue weighted by atomic mass is 10.2. The number of rotatable bonds is 2. The van der Waals surface area contributed by atoms with Crippen LogP contribution in [0.4, 0.5) is 0 Å². The highest BCUT2D eigenvalue weighted by atomic mass is 27.0. The summed E-state index contributed by atoms with van der Waals surface area (Å²) in [5.41, 5.74) is 1.05. The topological polar surface area (TPSA) is 17.1 Å². The van der Waals surface area contributed by atoms with Crippen LogP contribution in [0.3, 0.4) is 0 Å².